The van der Waals surface area contributed by atoms with Crippen molar-refractivity contribution in [2.45, 2.75) is 26.3 Å². The van der Waals surface area contributed by atoms with Crippen molar-refractivity contribution in [3.63, 3.8) is 0 Å². The number of rotatable bonds is 3. The van der Waals surface area contributed by atoms with Gasteiger partial charge < -0.3 is 14.2 Å². The molecule has 116 valence electrons. The zero-order chi connectivity index (χ0) is 14.7. The molecule has 0 radical (unpaired) electrons. The maximum absolute atomic E-state index is 12.5. The molecule has 0 aliphatic carbocycles. The van der Waals surface area contributed by atoms with Gasteiger partial charge in [0.05, 0.1) is 25.7 Å². The van der Waals surface area contributed by atoms with Crippen LogP contribution in [0.2, 0.25) is 0 Å². The van der Waals surface area contributed by atoms with Crippen LogP contribution in [-0.2, 0) is 16.1 Å². The standard InChI is InChI=1S/C14H22N4O3/c1-11-15-13(16-21-11)10-17-4-2-3-12(9-17)14(19)18-5-7-20-8-6-18/h12H,2-10H2,1H3. The molecule has 3 rings (SSSR count). The molecular weight excluding hydrogens is 272 g/mol. The zero-order valence-electron chi connectivity index (χ0n) is 12.5. The van der Waals surface area contributed by atoms with Gasteiger partial charge in [-0.2, -0.15) is 4.98 Å². The second kappa shape index (κ2) is 6.53. The Bertz CT molecular complexity index is 484. The number of amides is 1. The quantitative estimate of drug-likeness (QED) is 0.806. The summed E-state index contributed by atoms with van der Waals surface area (Å²) < 4.78 is 10.3. The van der Waals surface area contributed by atoms with Crippen LogP contribution in [-0.4, -0.2) is 65.2 Å². The number of piperidine rings is 1. The van der Waals surface area contributed by atoms with Gasteiger partial charge in [0.15, 0.2) is 5.82 Å². The number of aryl methyl sites for hydroxylation is 1. The van der Waals surface area contributed by atoms with Crippen molar-refractivity contribution in [3.8, 4) is 0 Å². The molecule has 0 bridgehead atoms. The molecule has 0 spiro atoms. The first kappa shape index (κ1) is 14.5. The first-order valence-electron chi connectivity index (χ1n) is 7.60. The molecule has 1 unspecified atom stereocenters. The number of carbonyl (C=O) groups excluding carboxylic acids is 1. The van der Waals surface area contributed by atoms with E-state index in [1.165, 1.54) is 0 Å². The van der Waals surface area contributed by atoms with E-state index in [9.17, 15) is 4.79 Å². The number of likely N-dealkylation sites (tertiary alicyclic amines) is 1. The van der Waals surface area contributed by atoms with Crippen molar-refractivity contribution in [2.24, 2.45) is 5.92 Å². The van der Waals surface area contributed by atoms with E-state index in [0.29, 0.717) is 31.5 Å². The average molecular weight is 294 g/mol. The van der Waals surface area contributed by atoms with E-state index >= 15 is 0 Å². The van der Waals surface area contributed by atoms with Gasteiger partial charge in [-0.1, -0.05) is 5.16 Å². The Morgan fingerprint density at radius 1 is 1.33 bits per heavy atom. The average Bonchev–Trinajstić information content (AvgIpc) is 2.93. The first-order chi connectivity index (χ1) is 10.2. The monoisotopic (exact) mass is 294 g/mol. The third-order valence-corrected chi connectivity index (χ3v) is 4.11. The van der Waals surface area contributed by atoms with Gasteiger partial charge in [0.2, 0.25) is 11.8 Å². The van der Waals surface area contributed by atoms with Crippen molar-refractivity contribution in [1.29, 1.82) is 0 Å². The van der Waals surface area contributed by atoms with Crippen molar-refractivity contribution in [1.82, 2.24) is 19.9 Å². The van der Waals surface area contributed by atoms with E-state index in [-0.39, 0.29) is 11.8 Å². The number of hydrogen-bond donors (Lipinski definition) is 0. The molecule has 1 atom stereocenters. The lowest BCUT2D eigenvalue weighted by Gasteiger charge is -2.35. The highest BCUT2D eigenvalue weighted by Gasteiger charge is 2.30. The molecular formula is C14H22N4O3. The van der Waals surface area contributed by atoms with Crippen LogP contribution in [0.25, 0.3) is 0 Å². The molecule has 1 aromatic heterocycles. The summed E-state index contributed by atoms with van der Waals surface area (Å²) in [6.07, 6.45) is 2.01. The second-order valence-electron chi connectivity index (χ2n) is 5.74. The normalized spacial score (nSPS) is 24.2. The van der Waals surface area contributed by atoms with Gasteiger partial charge >= 0.3 is 0 Å². The summed E-state index contributed by atoms with van der Waals surface area (Å²) in [5, 5.41) is 3.93. The molecule has 3 heterocycles. The predicted molar refractivity (Wildman–Crippen MR) is 74.4 cm³/mol. The molecule has 0 saturated carbocycles. The summed E-state index contributed by atoms with van der Waals surface area (Å²) in [5.74, 6) is 1.65. The number of nitrogens with zero attached hydrogens (tertiary/aromatic N) is 4. The Balaban J connectivity index is 1.56. The molecule has 0 aromatic carbocycles. The largest absolute Gasteiger partial charge is 0.378 e. The summed E-state index contributed by atoms with van der Waals surface area (Å²) in [6, 6.07) is 0. The van der Waals surface area contributed by atoms with Crippen LogP contribution in [0.5, 0.6) is 0 Å². The highest BCUT2D eigenvalue weighted by Crippen LogP contribution is 2.20. The highest BCUT2D eigenvalue weighted by molar-refractivity contribution is 5.79. The van der Waals surface area contributed by atoms with Crippen molar-refractivity contribution < 1.29 is 14.1 Å². The number of ether oxygens (including phenoxy) is 1. The van der Waals surface area contributed by atoms with Crippen molar-refractivity contribution in [2.75, 3.05) is 39.4 Å². The minimum atomic E-state index is 0.0878. The summed E-state index contributed by atoms with van der Waals surface area (Å²) in [5.41, 5.74) is 0. The lowest BCUT2D eigenvalue weighted by molar-refractivity contribution is -0.141. The first-order valence-corrected chi connectivity index (χ1v) is 7.60. The van der Waals surface area contributed by atoms with E-state index in [1.54, 1.807) is 6.92 Å². The topological polar surface area (TPSA) is 71.7 Å². The van der Waals surface area contributed by atoms with E-state index in [1.807, 2.05) is 4.90 Å². The molecule has 0 N–H and O–H groups in total. The number of morpholine rings is 1. The molecule has 7 nitrogen and oxygen atoms in total. The SMILES string of the molecule is Cc1nc(CN2CCCC(C(=O)N3CCOCC3)C2)no1. The zero-order valence-corrected chi connectivity index (χ0v) is 12.5. The number of hydrogen-bond acceptors (Lipinski definition) is 6. The Hall–Kier alpha value is -1.47. The molecule has 2 saturated heterocycles. The Kier molecular flexibility index (Phi) is 4.50. The van der Waals surface area contributed by atoms with E-state index in [4.69, 9.17) is 9.26 Å². The second-order valence-corrected chi connectivity index (χ2v) is 5.74. The van der Waals surface area contributed by atoms with Crippen LogP contribution >= 0.6 is 0 Å². The molecule has 2 fully saturated rings. The minimum absolute atomic E-state index is 0.0878. The Morgan fingerprint density at radius 3 is 2.86 bits per heavy atom. The third-order valence-electron chi connectivity index (χ3n) is 4.11. The van der Waals surface area contributed by atoms with Gasteiger partial charge in [0, 0.05) is 26.6 Å². The lowest BCUT2D eigenvalue weighted by Crippen LogP contribution is -2.48. The number of carbonyl (C=O) groups is 1. The van der Waals surface area contributed by atoms with E-state index in [0.717, 1.165) is 39.0 Å². The molecule has 7 heteroatoms. The molecule has 1 aromatic rings. The van der Waals surface area contributed by atoms with Gasteiger partial charge in [-0.25, -0.2) is 0 Å². The minimum Gasteiger partial charge on any atom is -0.378 e. The summed E-state index contributed by atoms with van der Waals surface area (Å²) >= 11 is 0. The fourth-order valence-corrected chi connectivity index (χ4v) is 3.05. The van der Waals surface area contributed by atoms with Crippen molar-refractivity contribution in [3.05, 3.63) is 11.7 Å². The highest BCUT2D eigenvalue weighted by atomic mass is 16.5. The van der Waals surface area contributed by atoms with Crippen LogP contribution in [0, 0.1) is 12.8 Å². The molecule has 2 aliphatic rings. The van der Waals surface area contributed by atoms with Crippen LogP contribution in [0.15, 0.2) is 4.52 Å². The Morgan fingerprint density at radius 2 is 2.14 bits per heavy atom. The van der Waals surface area contributed by atoms with Crippen LogP contribution in [0.3, 0.4) is 0 Å². The summed E-state index contributed by atoms with van der Waals surface area (Å²) in [6.45, 7) is 6.97. The Labute approximate surface area is 124 Å². The molecule has 2 aliphatic heterocycles. The lowest BCUT2D eigenvalue weighted by atomic mass is 9.96. The van der Waals surface area contributed by atoms with E-state index < -0.39 is 0 Å². The number of aromatic nitrogens is 2. The van der Waals surface area contributed by atoms with E-state index in [2.05, 4.69) is 15.0 Å². The van der Waals surface area contributed by atoms with Crippen LogP contribution in [0.4, 0.5) is 0 Å². The fraction of sp³-hybridized carbons (Fsp3) is 0.786. The molecule has 21 heavy (non-hydrogen) atoms. The summed E-state index contributed by atoms with van der Waals surface area (Å²) in [4.78, 5) is 21.0. The third kappa shape index (κ3) is 3.59. The van der Waals surface area contributed by atoms with Crippen molar-refractivity contribution >= 4 is 5.91 Å². The van der Waals surface area contributed by atoms with Crippen LogP contribution < -0.4 is 0 Å². The molecule has 1 amide bonds. The van der Waals surface area contributed by atoms with Gasteiger partial charge in [-0.05, 0) is 19.4 Å². The smallest absolute Gasteiger partial charge is 0.227 e. The van der Waals surface area contributed by atoms with Gasteiger partial charge in [0.25, 0.3) is 0 Å². The van der Waals surface area contributed by atoms with Crippen LogP contribution in [0.1, 0.15) is 24.6 Å². The van der Waals surface area contributed by atoms with Gasteiger partial charge in [-0.3, -0.25) is 9.69 Å². The maximum Gasteiger partial charge on any atom is 0.227 e. The maximum atomic E-state index is 12.5. The fourth-order valence-electron chi connectivity index (χ4n) is 3.05. The summed E-state index contributed by atoms with van der Waals surface area (Å²) in [7, 11) is 0. The van der Waals surface area contributed by atoms with Gasteiger partial charge in [0.1, 0.15) is 0 Å². The van der Waals surface area contributed by atoms with Gasteiger partial charge in [-0.15, -0.1) is 0 Å². The predicted octanol–water partition coefficient (Wildman–Crippen LogP) is 0.449.